The van der Waals surface area contributed by atoms with Crippen LogP contribution in [0.2, 0.25) is 0 Å². The first-order chi connectivity index (χ1) is 22.1. The van der Waals surface area contributed by atoms with Crippen molar-refractivity contribution in [2.75, 3.05) is 11.9 Å². The molecule has 6 rings (SSSR count). The van der Waals surface area contributed by atoms with Gasteiger partial charge in [0, 0.05) is 54.0 Å². The van der Waals surface area contributed by atoms with Crippen LogP contribution in [0.3, 0.4) is 0 Å². The van der Waals surface area contributed by atoms with E-state index in [0.717, 1.165) is 16.4 Å². The highest BCUT2D eigenvalue weighted by Crippen LogP contribution is 2.32. The minimum atomic E-state index is -2.98. The van der Waals surface area contributed by atoms with E-state index in [9.17, 15) is 32.3 Å². The van der Waals surface area contributed by atoms with E-state index in [4.69, 9.17) is 0 Å². The van der Waals surface area contributed by atoms with Crippen LogP contribution < -0.4 is 21.3 Å². The molecule has 46 heavy (non-hydrogen) atoms. The number of aromatic nitrogens is 5. The van der Waals surface area contributed by atoms with Gasteiger partial charge in [0.1, 0.15) is 12.2 Å². The summed E-state index contributed by atoms with van der Waals surface area (Å²) in [5, 5.41) is 25.4. The van der Waals surface area contributed by atoms with E-state index in [1.54, 1.807) is 12.1 Å². The van der Waals surface area contributed by atoms with Crippen LogP contribution in [-0.2, 0) is 17.8 Å². The van der Waals surface area contributed by atoms with Crippen LogP contribution in [0.25, 0.3) is 16.9 Å². The number of rotatable bonds is 11. The Hall–Kier alpha value is -4.57. The molecule has 1 aliphatic carbocycles. The van der Waals surface area contributed by atoms with Crippen molar-refractivity contribution in [3.8, 4) is 11.3 Å². The van der Waals surface area contributed by atoms with Crippen LogP contribution in [0.1, 0.15) is 54.2 Å². The number of carbonyl (C=O) groups excluding carboxylic acids is 2. The van der Waals surface area contributed by atoms with E-state index < -0.39 is 37.2 Å². The quantitative estimate of drug-likeness (QED) is 0.157. The fourth-order valence-corrected chi connectivity index (χ4v) is 5.89. The number of fused-ring (bicyclic) bond motifs is 1. The smallest absolute Gasteiger partial charge is 0.282 e. The Labute approximate surface area is 260 Å². The number of aliphatic hydroxyl groups excluding tert-OH is 1. The Bertz CT molecular complexity index is 1740. The first-order valence-electron chi connectivity index (χ1n) is 15.0. The summed E-state index contributed by atoms with van der Waals surface area (Å²) >= 11 is 0. The lowest BCUT2D eigenvalue weighted by Gasteiger charge is -2.37. The summed E-state index contributed by atoms with van der Waals surface area (Å²) < 4.78 is 55.6. The third kappa shape index (κ3) is 6.53. The van der Waals surface area contributed by atoms with E-state index in [1.807, 2.05) is 13.0 Å². The number of hydrogen-bond acceptors (Lipinski definition) is 8. The molecule has 4 heterocycles. The van der Waals surface area contributed by atoms with Gasteiger partial charge in [0.2, 0.25) is 5.91 Å². The zero-order valence-corrected chi connectivity index (χ0v) is 24.8. The fraction of sp³-hybridized carbons (Fsp3) is 0.433. The molecule has 1 saturated heterocycles. The van der Waals surface area contributed by atoms with Gasteiger partial charge in [0.25, 0.3) is 18.8 Å². The third-order valence-corrected chi connectivity index (χ3v) is 8.26. The standard InChI is InChI=1S/C30H33F4N9O3/c1-2-15-7-16(3-4-20(15)29(45)39-17-8-18(9-17)40-30(46)22-10-19(44)11-36-22)38-27-28-37-12-23(43(28)6-5-35-27)21-13-42(14-24(31)32)41-25(21)26(33)34/h3-7,12-13,17-19,22,24,26,36,44H,2,8-11,14H2,1H3,(H,35,38)(H,39,45)(H,40,46)/t17-,18+,19-,22+/m1/s1. The summed E-state index contributed by atoms with van der Waals surface area (Å²) in [5.41, 5.74) is 1.82. The van der Waals surface area contributed by atoms with Crippen LogP contribution in [0.4, 0.5) is 29.1 Å². The maximum Gasteiger partial charge on any atom is 0.282 e. The van der Waals surface area contributed by atoms with Gasteiger partial charge in [-0.15, -0.1) is 0 Å². The molecule has 244 valence electrons. The number of halogens is 4. The molecule has 12 nitrogen and oxygen atoms in total. The second kappa shape index (κ2) is 13.0. The minimum Gasteiger partial charge on any atom is -0.392 e. The predicted octanol–water partition coefficient (Wildman–Crippen LogP) is 3.20. The molecule has 2 amide bonds. The SMILES string of the molecule is CCc1cc(Nc2nccn3c(-c4cn(CC(F)F)nc4C(F)F)cnc23)ccc1C(=O)N[C@H]1C[C@@H](NC(=O)[C@@H]2C[C@@H](O)CN2)C1. The second-order valence-corrected chi connectivity index (χ2v) is 11.5. The number of alkyl halides is 4. The van der Waals surface area contributed by atoms with Gasteiger partial charge in [-0.3, -0.25) is 18.7 Å². The molecule has 0 bridgehead atoms. The summed E-state index contributed by atoms with van der Waals surface area (Å²) in [6.45, 7) is 1.51. The average Bonchev–Trinajstić information content (AvgIpc) is 3.74. The lowest BCUT2D eigenvalue weighted by atomic mass is 9.86. The first-order valence-corrected chi connectivity index (χ1v) is 15.0. The molecule has 1 aromatic carbocycles. The highest BCUT2D eigenvalue weighted by molar-refractivity contribution is 5.96. The molecule has 5 N–H and O–H groups in total. The molecular formula is C30H33F4N9O3. The number of carbonyl (C=O) groups is 2. The maximum absolute atomic E-state index is 13.7. The van der Waals surface area contributed by atoms with Gasteiger partial charge < -0.3 is 26.4 Å². The van der Waals surface area contributed by atoms with E-state index in [0.29, 0.717) is 54.9 Å². The van der Waals surface area contributed by atoms with Crippen molar-refractivity contribution in [3.05, 3.63) is 59.8 Å². The Morgan fingerprint density at radius 2 is 1.89 bits per heavy atom. The van der Waals surface area contributed by atoms with E-state index in [-0.39, 0.29) is 35.2 Å². The Morgan fingerprint density at radius 3 is 2.59 bits per heavy atom. The number of β-amino-alcohol motifs (C(OH)–C–C–N with tert-alkyl or cyclic N) is 1. The summed E-state index contributed by atoms with van der Waals surface area (Å²) in [7, 11) is 0. The monoisotopic (exact) mass is 643 g/mol. The molecule has 0 unspecified atom stereocenters. The van der Waals surface area contributed by atoms with Gasteiger partial charge in [-0.05, 0) is 49.4 Å². The van der Waals surface area contributed by atoms with Crippen molar-refractivity contribution in [2.45, 2.75) is 76.2 Å². The number of nitrogens with one attached hydrogen (secondary N) is 4. The van der Waals surface area contributed by atoms with Crippen LogP contribution in [-0.4, -0.2) is 78.3 Å². The summed E-state index contributed by atoms with van der Waals surface area (Å²) in [6.07, 6.45) is 1.41. The number of imidazole rings is 1. The van der Waals surface area contributed by atoms with Crippen molar-refractivity contribution in [3.63, 3.8) is 0 Å². The molecule has 2 fully saturated rings. The molecule has 2 atom stereocenters. The van der Waals surface area contributed by atoms with Gasteiger partial charge in [-0.2, -0.15) is 5.10 Å². The highest BCUT2D eigenvalue weighted by Gasteiger charge is 2.35. The minimum absolute atomic E-state index is 0.0187. The Kier molecular flexibility index (Phi) is 8.90. The molecule has 0 radical (unpaired) electrons. The summed E-state index contributed by atoms with van der Waals surface area (Å²) in [6, 6.07) is 4.73. The molecule has 1 saturated carbocycles. The predicted molar refractivity (Wildman–Crippen MR) is 159 cm³/mol. The van der Waals surface area contributed by atoms with Crippen molar-refractivity contribution in [1.82, 2.24) is 40.1 Å². The molecule has 16 heteroatoms. The molecule has 2 aliphatic rings. The van der Waals surface area contributed by atoms with Crippen LogP contribution in [0.15, 0.2) is 43.0 Å². The van der Waals surface area contributed by atoms with Crippen LogP contribution >= 0.6 is 0 Å². The van der Waals surface area contributed by atoms with Crippen molar-refractivity contribution < 1.29 is 32.3 Å². The number of aryl methyl sites for hydroxylation is 1. The number of hydrogen-bond donors (Lipinski definition) is 5. The number of nitrogens with zero attached hydrogens (tertiary/aromatic N) is 5. The number of anilines is 2. The largest absolute Gasteiger partial charge is 0.392 e. The van der Waals surface area contributed by atoms with Gasteiger partial charge >= 0.3 is 0 Å². The fourth-order valence-electron chi connectivity index (χ4n) is 5.89. The zero-order valence-electron chi connectivity index (χ0n) is 24.8. The maximum atomic E-state index is 13.7. The third-order valence-electron chi connectivity index (χ3n) is 8.26. The normalized spacial score (nSPS) is 21.1. The van der Waals surface area contributed by atoms with Crippen LogP contribution in [0, 0.1) is 0 Å². The first kappa shape index (κ1) is 31.4. The van der Waals surface area contributed by atoms with Crippen molar-refractivity contribution in [2.24, 2.45) is 0 Å². The van der Waals surface area contributed by atoms with E-state index >= 15 is 0 Å². The number of aliphatic hydroxyl groups is 1. The summed E-state index contributed by atoms with van der Waals surface area (Å²) in [5.74, 6) is -0.0473. The highest BCUT2D eigenvalue weighted by atomic mass is 19.3. The van der Waals surface area contributed by atoms with Crippen molar-refractivity contribution >= 4 is 29.0 Å². The molecular weight excluding hydrogens is 610 g/mol. The zero-order chi connectivity index (χ0) is 32.5. The Morgan fingerprint density at radius 1 is 1.11 bits per heavy atom. The Balaban J connectivity index is 1.13. The molecule has 0 spiro atoms. The average molecular weight is 644 g/mol. The number of amides is 2. The molecule has 4 aromatic rings. The van der Waals surface area contributed by atoms with Gasteiger partial charge in [-0.1, -0.05) is 6.92 Å². The van der Waals surface area contributed by atoms with Crippen molar-refractivity contribution in [1.29, 1.82) is 0 Å². The van der Waals surface area contributed by atoms with Gasteiger partial charge in [0.05, 0.1) is 24.0 Å². The van der Waals surface area contributed by atoms with E-state index in [1.165, 1.54) is 23.0 Å². The van der Waals surface area contributed by atoms with Gasteiger partial charge in [0.15, 0.2) is 11.5 Å². The molecule has 1 aliphatic heterocycles. The number of benzene rings is 1. The lowest BCUT2D eigenvalue weighted by molar-refractivity contribution is -0.124. The van der Waals surface area contributed by atoms with Crippen LogP contribution in [0.5, 0.6) is 0 Å². The summed E-state index contributed by atoms with van der Waals surface area (Å²) in [4.78, 5) is 34.2. The van der Waals surface area contributed by atoms with E-state index in [2.05, 4.69) is 36.3 Å². The lowest BCUT2D eigenvalue weighted by Crippen LogP contribution is -2.56. The second-order valence-electron chi connectivity index (χ2n) is 11.5. The topological polar surface area (TPSA) is 150 Å². The van der Waals surface area contributed by atoms with Gasteiger partial charge in [-0.25, -0.2) is 27.5 Å². The molecule has 3 aromatic heterocycles.